The van der Waals surface area contributed by atoms with Crippen LogP contribution in [0, 0.1) is 5.92 Å². The third-order valence-electron chi connectivity index (χ3n) is 3.34. The van der Waals surface area contributed by atoms with Gasteiger partial charge in [0.15, 0.2) is 0 Å². The van der Waals surface area contributed by atoms with Crippen molar-refractivity contribution in [1.82, 2.24) is 5.32 Å². The van der Waals surface area contributed by atoms with Crippen molar-refractivity contribution in [2.24, 2.45) is 5.92 Å². The first-order valence-corrected chi connectivity index (χ1v) is 7.59. The first-order valence-electron chi connectivity index (χ1n) is 7.21. The van der Waals surface area contributed by atoms with Crippen molar-refractivity contribution in [3.63, 3.8) is 0 Å². The van der Waals surface area contributed by atoms with Crippen LogP contribution in [-0.4, -0.2) is 13.1 Å². The summed E-state index contributed by atoms with van der Waals surface area (Å²) in [6.07, 6.45) is 6.48. The second-order valence-electron chi connectivity index (χ2n) is 5.00. The molecule has 1 unspecified atom stereocenters. The molecule has 0 fully saturated rings. The van der Waals surface area contributed by atoms with Crippen LogP contribution in [0.1, 0.15) is 45.1 Å². The van der Waals surface area contributed by atoms with E-state index in [0.29, 0.717) is 0 Å². The molecule has 1 aromatic carbocycles. The number of nitrogens with one attached hydrogen (secondary N) is 1. The summed E-state index contributed by atoms with van der Waals surface area (Å²) in [7, 11) is 0. The Morgan fingerprint density at radius 3 is 2.44 bits per heavy atom. The van der Waals surface area contributed by atoms with Gasteiger partial charge in [0.25, 0.3) is 0 Å². The van der Waals surface area contributed by atoms with Crippen LogP contribution < -0.4 is 5.32 Å². The van der Waals surface area contributed by atoms with Gasteiger partial charge in [-0.2, -0.15) is 0 Å². The maximum atomic E-state index is 5.92. The lowest BCUT2D eigenvalue weighted by Crippen LogP contribution is -2.24. The topological polar surface area (TPSA) is 12.0 Å². The maximum absolute atomic E-state index is 5.92. The fraction of sp³-hybridized carbons (Fsp3) is 0.625. The fourth-order valence-corrected chi connectivity index (χ4v) is 2.39. The minimum atomic E-state index is 0.748. The first kappa shape index (κ1) is 15.5. The number of benzene rings is 1. The molecule has 1 nitrogen and oxygen atoms in total. The van der Waals surface area contributed by atoms with E-state index in [4.69, 9.17) is 11.6 Å². The smallest absolute Gasteiger partial charge is 0.0406 e. The summed E-state index contributed by atoms with van der Waals surface area (Å²) in [5.74, 6) is 0.748. The van der Waals surface area contributed by atoms with Crippen molar-refractivity contribution in [3.8, 4) is 0 Å². The van der Waals surface area contributed by atoms with Crippen LogP contribution in [0.15, 0.2) is 24.3 Å². The van der Waals surface area contributed by atoms with Crippen LogP contribution in [0.4, 0.5) is 0 Å². The molecule has 0 heterocycles. The summed E-state index contributed by atoms with van der Waals surface area (Å²) in [6, 6.07) is 8.29. The van der Waals surface area contributed by atoms with Gasteiger partial charge in [-0.25, -0.2) is 0 Å². The van der Waals surface area contributed by atoms with Gasteiger partial charge < -0.3 is 5.32 Å². The predicted molar refractivity (Wildman–Crippen MR) is 81.3 cm³/mol. The van der Waals surface area contributed by atoms with E-state index in [1.54, 1.807) is 0 Å². The molecule has 1 atom stereocenters. The van der Waals surface area contributed by atoms with Gasteiger partial charge in [-0.1, -0.05) is 56.8 Å². The van der Waals surface area contributed by atoms with Crippen molar-refractivity contribution in [2.75, 3.05) is 13.1 Å². The Labute approximate surface area is 117 Å². The van der Waals surface area contributed by atoms with Gasteiger partial charge in [0.2, 0.25) is 0 Å². The van der Waals surface area contributed by atoms with E-state index in [-0.39, 0.29) is 0 Å². The zero-order valence-corrected chi connectivity index (χ0v) is 12.5. The van der Waals surface area contributed by atoms with E-state index in [1.807, 2.05) is 12.1 Å². The molecule has 2 heteroatoms. The van der Waals surface area contributed by atoms with E-state index in [1.165, 1.54) is 31.2 Å². The van der Waals surface area contributed by atoms with Gasteiger partial charge in [-0.3, -0.25) is 0 Å². The molecule has 0 amide bonds. The van der Waals surface area contributed by atoms with Crippen LogP contribution in [0.25, 0.3) is 0 Å². The summed E-state index contributed by atoms with van der Waals surface area (Å²) in [5.41, 5.74) is 1.40. The molecular weight excluding hydrogens is 242 g/mol. The highest BCUT2D eigenvalue weighted by Crippen LogP contribution is 2.17. The highest BCUT2D eigenvalue weighted by atomic mass is 35.5. The van der Waals surface area contributed by atoms with Gasteiger partial charge >= 0.3 is 0 Å². The second-order valence-corrected chi connectivity index (χ2v) is 5.44. The summed E-state index contributed by atoms with van der Waals surface area (Å²) in [5, 5.41) is 4.31. The van der Waals surface area contributed by atoms with Crippen LogP contribution >= 0.6 is 11.6 Å². The van der Waals surface area contributed by atoms with E-state index in [9.17, 15) is 0 Å². The van der Waals surface area contributed by atoms with Crippen molar-refractivity contribution in [1.29, 1.82) is 0 Å². The Hall–Kier alpha value is -0.530. The Morgan fingerprint density at radius 1 is 1.11 bits per heavy atom. The largest absolute Gasteiger partial charge is 0.317 e. The van der Waals surface area contributed by atoms with Gasteiger partial charge in [0, 0.05) is 5.02 Å². The van der Waals surface area contributed by atoms with Gasteiger partial charge in [-0.05, 0) is 49.5 Å². The van der Waals surface area contributed by atoms with Gasteiger partial charge in [0.1, 0.15) is 0 Å². The molecule has 0 aliphatic carbocycles. The number of unbranched alkanes of at least 4 members (excludes halogenated alkanes) is 2. The van der Waals surface area contributed by atoms with Crippen molar-refractivity contribution in [2.45, 2.75) is 46.0 Å². The minimum absolute atomic E-state index is 0.748. The predicted octanol–water partition coefficient (Wildman–Crippen LogP) is 4.69. The standard InChI is InChI=1S/C16H26ClN/c1-3-5-6-7-15(13-18-4-2)12-14-8-10-16(17)11-9-14/h8-11,15,18H,3-7,12-13H2,1-2H3. The normalized spacial score (nSPS) is 12.6. The average molecular weight is 268 g/mol. The van der Waals surface area contributed by atoms with E-state index in [0.717, 1.165) is 30.5 Å². The van der Waals surface area contributed by atoms with Crippen LogP contribution in [-0.2, 0) is 6.42 Å². The number of hydrogen-bond acceptors (Lipinski definition) is 1. The molecule has 0 aliphatic rings. The molecule has 18 heavy (non-hydrogen) atoms. The number of halogens is 1. The average Bonchev–Trinajstić information content (AvgIpc) is 2.38. The Kier molecular flexibility index (Phi) is 8.11. The van der Waals surface area contributed by atoms with Crippen LogP contribution in [0.5, 0.6) is 0 Å². The maximum Gasteiger partial charge on any atom is 0.0406 e. The SMILES string of the molecule is CCCCCC(CNCC)Cc1ccc(Cl)cc1. The monoisotopic (exact) mass is 267 g/mol. The van der Waals surface area contributed by atoms with E-state index in [2.05, 4.69) is 31.3 Å². The molecule has 0 saturated heterocycles. The molecule has 1 N–H and O–H groups in total. The molecule has 1 rings (SSSR count). The second kappa shape index (κ2) is 9.41. The number of hydrogen-bond donors (Lipinski definition) is 1. The first-order chi connectivity index (χ1) is 8.76. The highest BCUT2D eigenvalue weighted by molar-refractivity contribution is 6.30. The molecular formula is C16H26ClN. The van der Waals surface area contributed by atoms with Crippen LogP contribution in [0.3, 0.4) is 0 Å². The van der Waals surface area contributed by atoms with E-state index < -0.39 is 0 Å². The molecule has 1 aromatic rings. The summed E-state index contributed by atoms with van der Waals surface area (Å²) >= 11 is 5.92. The van der Waals surface area contributed by atoms with Crippen molar-refractivity contribution >= 4 is 11.6 Å². The Bertz CT molecular complexity index is 307. The molecule has 0 radical (unpaired) electrons. The highest BCUT2D eigenvalue weighted by Gasteiger charge is 2.09. The molecule has 0 spiro atoms. The summed E-state index contributed by atoms with van der Waals surface area (Å²) in [4.78, 5) is 0. The Morgan fingerprint density at radius 2 is 1.83 bits per heavy atom. The fourth-order valence-electron chi connectivity index (χ4n) is 2.26. The van der Waals surface area contributed by atoms with Crippen LogP contribution in [0.2, 0.25) is 5.02 Å². The minimum Gasteiger partial charge on any atom is -0.317 e. The lowest BCUT2D eigenvalue weighted by Gasteiger charge is -2.17. The van der Waals surface area contributed by atoms with E-state index >= 15 is 0 Å². The number of rotatable bonds is 9. The summed E-state index contributed by atoms with van der Waals surface area (Å²) < 4.78 is 0. The summed E-state index contributed by atoms with van der Waals surface area (Å²) in [6.45, 7) is 6.62. The lowest BCUT2D eigenvalue weighted by atomic mass is 9.93. The molecule has 0 bridgehead atoms. The Balaban J connectivity index is 2.45. The zero-order valence-electron chi connectivity index (χ0n) is 11.7. The quantitative estimate of drug-likeness (QED) is 0.640. The molecule has 0 saturated carbocycles. The molecule has 102 valence electrons. The molecule has 0 aromatic heterocycles. The lowest BCUT2D eigenvalue weighted by molar-refractivity contribution is 0.428. The van der Waals surface area contributed by atoms with Gasteiger partial charge in [0.05, 0.1) is 0 Å². The molecule has 0 aliphatic heterocycles. The third kappa shape index (κ3) is 6.42. The van der Waals surface area contributed by atoms with Gasteiger partial charge in [-0.15, -0.1) is 0 Å². The van der Waals surface area contributed by atoms with Crippen molar-refractivity contribution in [3.05, 3.63) is 34.9 Å². The third-order valence-corrected chi connectivity index (χ3v) is 3.59. The van der Waals surface area contributed by atoms with Crippen molar-refractivity contribution < 1.29 is 0 Å². The zero-order chi connectivity index (χ0) is 13.2.